The van der Waals surface area contributed by atoms with E-state index in [2.05, 4.69) is 11.8 Å². The van der Waals surface area contributed by atoms with Gasteiger partial charge in [-0.15, -0.1) is 0 Å². The lowest BCUT2D eigenvalue weighted by molar-refractivity contribution is -0.138. The summed E-state index contributed by atoms with van der Waals surface area (Å²) >= 11 is 0. The summed E-state index contributed by atoms with van der Waals surface area (Å²) in [5.41, 5.74) is 0.496. The molecule has 1 aliphatic rings. The molecule has 0 amide bonds. The van der Waals surface area contributed by atoms with Crippen molar-refractivity contribution in [1.29, 1.82) is 0 Å². The van der Waals surface area contributed by atoms with Gasteiger partial charge in [0.1, 0.15) is 0 Å². The molecule has 2 rings (SSSR count). The summed E-state index contributed by atoms with van der Waals surface area (Å²) in [5.74, 6) is 0. The molecule has 1 aromatic carbocycles. The average molecular weight is 271 g/mol. The van der Waals surface area contributed by atoms with Gasteiger partial charge < -0.3 is 4.90 Å². The number of hydrogen-bond acceptors (Lipinski definition) is 1. The molecule has 1 saturated heterocycles. The minimum atomic E-state index is -4.27. The van der Waals surface area contributed by atoms with Gasteiger partial charge in [0.25, 0.3) is 0 Å². The van der Waals surface area contributed by atoms with E-state index in [1.807, 2.05) is 6.07 Å². The Morgan fingerprint density at radius 3 is 2.63 bits per heavy atom. The second-order valence-corrected chi connectivity index (χ2v) is 5.25. The predicted octanol–water partition coefficient (Wildman–Crippen LogP) is 4.78. The normalized spacial score (nSPS) is 20.7. The summed E-state index contributed by atoms with van der Waals surface area (Å²) < 4.78 is 38.9. The first kappa shape index (κ1) is 14.2. The largest absolute Gasteiger partial charge is 0.416 e. The lowest BCUT2D eigenvalue weighted by atomic mass is 9.98. The Morgan fingerprint density at radius 1 is 1.26 bits per heavy atom. The molecule has 1 fully saturated rings. The van der Waals surface area contributed by atoms with E-state index in [-0.39, 0.29) is 0 Å². The highest BCUT2D eigenvalue weighted by atomic mass is 19.4. The van der Waals surface area contributed by atoms with Crippen molar-refractivity contribution in [3.63, 3.8) is 0 Å². The Labute approximate surface area is 112 Å². The quantitative estimate of drug-likeness (QED) is 0.748. The molecule has 0 radical (unpaired) electrons. The van der Waals surface area contributed by atoms with Crippen LogP contribution in [-0.4, -0.2) is 12.6 Å². The lowest BCUT2D eigenvalue weighted by Gasteiger charge is -2.37. The van der Waals surface area contributed by atoms with E-state index in [0.717, 1.165) is 25.8 Å². The number of piperidine rings is 1. The standard InChI is InChI=1S/C15H20F3N/c1-3-12-6-4-5-9-19(12)13-8-7-11(2)14(10-13)15(16,17)18/h7-8,10,12H,3-6,9H2,1-2H3. The molecule has 0 aromatic heterocycles. The van der Waals surface area contributed by atoms with Crippen LogP contribution in [0.5, 0.6) is 0 Å². The molecule has 19 heavy (non-hydrogen) atoms. The first-order valence-electron chi connectivity index (χ1n) is 6.88. The minimum Gasteiger partial charge on any atom is -0.369 e. The zero-order chi connectivity index (χ0) is 14.0. The van der Waals surface area contributed by atoms with E-state index in [4.69, 9.17) is 0 Å². The number of anilines is 1. The first-order valence-corrected chi connectivity index (χ1v) is 6.88. The Balaban J connectivity index is 2.34. The van der Waals surface area contributed by atoms with Crippen molar-refractivity contribution >= 4 is 5.69 Å². The zero-order valence-corrected chi connectivity index (χ0v) is 11.4. The smallest absolute Gasteiger partial charge is 0.369 e. The van der Waals surface area contributed by atoms with Gasteiger partial charge in [-0.3, -0.25) is 0 Å². The fraction of sp³-hybridized carbons (Fsp3) is 0.600. The maximum atomic E-state index is 13.0. The van der Waals surface area contributed by atoms with Gasteiger partial charge in [-0.1, -0.05) is 13.0 Å². The van der Waals surface area contributed by atoms with Gasteiger partial charge in [-0.2, -0.15) is 13.2 Å². The van der Waals surface area contributed by atoms with E-state index in [1.54, 1.807) is 6.07 Å². The molecule has 0 bridgehead atoms. The molecule has 1 nitrogen and oxygen atoms in total. The highest BCUT2D eigenvalue weighted by Crippen LogP contribution is 2.36. The molecule has 106 valence electrons. The van der Waals surface area contributed by atoms with E-state index in [1.165, 1.54) is 19.4 Å². The van der Waals surface area contributed by atoms with Crippen LogP contribution in [0.2, 0.25) is 0 Å². The van der Waals surface area contributed by atoms with Crippen molar-refractivity contribution in [2.75, 3.05) is 11.4 Å². The summed E-state index contributed by atoms with van der Waals surface area (Å²) in [6.45, 7) is 4.47. The van der Waals surface area contributed by atoms with Crippen molar-refractivity contribution < 1.29 is 13.2 Å². The summed E-state index contributed by atoms with van der Waals surface area (Å²) in [6.07, 6.45) is 0.0251. The van der Waals surface area contributed by atoms with E-state index in [0.29, 0.717) is 17.3 Å². The van der Waals surface area contributed by atoms with E-state index in [9.17, 15) is 13.2 Å². The SMILES string of the molecule is CCC1CCCCN1c1ccc(C)c(C(F)(F)F)c1. The van der Waals surface area contributed by atoms with Crippen LogP contribution in [0.15, 0.2) is 18.2 Å². The molecule has 1 aliphatic heterocycles. The van der Waals surface area contributed by atoms with Gasteiger partial charge in [0.2, 0.25) is 0 Å². The van der Waals surface area contributed by atoms with Gasteiger partial charge in [0.15, 0.2) is 0 Å². The molecular weight excluding hydrogens is 251 g/mol. The van der Waals surface area contributed by atoms with Crippen LogP contribution in [0.25, 0.3) is 0 Å². The maximum Gasteiger partial charge on any atom is 0.416 e. The Morgan fingerprint density at radius 2 is 2.00 bits per heavy atom. The van der Waals surface area contributed by atoms with Crippen molar-refractivity contribution in [3.05, 3.63) is 29.3 Å². The summed E-state index contributed by atoms with van der Waals surface area (Å²) in [6, 6.07) is 5.08. The fourth-order valence-electron chi connectivity index (χ4n) is 2.86. The second-order valence-electron chi connectivity index (χ2n) is 5.25. The Bertz CT molecular complexity index is 440. The summed E-state index contributed by atoms with van der Waals surface area (Å²) in [7, 11) is 0. The van der Waals surface area contributed by atoms with Crippen molar-refractivity contribution in [3.8, 4) is 0 Å². The molecule has 4 heteroatoms. The summed E-state index contributed by atoms with van der Waals surface area (Å²) in [4.78, 5) is 2.14. The number of benzene rings is 1. The maximum absolute atomic E-state index is 13.0. The van der Waals surface area contributed by atoms with Crippen molar-refractivity contribution in [1.82, 2.24) is 0 Å². The molecule has 0 saturated carbocycles. The number of nitrogens with zero attached hydrogens (tertiary/aromatic N) is 1. The van der Waals surface area contributed by atoms with E-state index >= 15 is 0 Å². The first-order chi connectivity index (χ1) is 8.93. The Hall–Kier alpha value is -1.19. The topological polar surface area (TPSA) is 3.24 Å². The third kappa shape index (κ3) is 3.04. The third-order valence-electron chi connectivity index (χ3n) is 3.96. The van der Waals surface area contributed by atoms with Gasteiger partial charge in [0, 0.05) is 18.3 Å². The van der Waals surface area contributed by atoms with Crippen LogP contribution in [0.1, 0.15) is 43.7 Å². The third-order valence-corrected chi connectivity index (χ3v) is 3.96. The molecule has 1 aromatic rings. The molecule has 1 atom stereocenters. The minimum absolute atomic E-state index is 0.293. The second kappa shape index (κ2) is 5.43. The van der Waals surface area contributed by atoms with Crippen LogP contribution < -0.4 is 4.90 Å². The van der Waals surface area contributed by atoms with Gasteiger partial charge in [-0.05, 0) is 50.3 Å². The molecule has 0 spiro atoms. The predicted molar refractivity (Wildman–Crippen MR) is 71.5 cm³/mol. The fourth-order valence-corrected chi connectivity index (χ4v) is 2.86. The highest BCUT2D eigenvalue weighted by molar-refractivity contribution is 5.52. The molecule has 1 heterocycles. The number of hydrogen-bond donors (Lipinski definition) is 0. The van der Waals surface area contributed by atoms with Crippen molar-refractivity contribution in [2.24, 2.45) is 0 Å². The Kier molecular flexibility index (Phi) is 4.07. The number of rotatable bonds is 2. The van der Waals surface area contributed by atoms with Crippen LogP contribution in [0, 0.1) is 6.92 Å². The average Bonchev–Trinajstić information content (AvgIpc) is 2.38. The summed E-state index contributed by atoms with van der Waals surface area (Å²) in [5, 5.41) is 0. The molecule has 1 unspecified atom stereocenters. The monoisotopic (exact) mass is 271 g/mol. The van der Waals surface area contributed by atoms with Gasteiger partial charge in [0.05, 0.1) is 5.56 Å². The molecule has 0 aliphatic carbocycles. The van der Waals surface area contributed by atoms with Gasteiger partial charge in [-0.25, -0.2) is 0 Å². The number of aryl methyl sites for hydroxylation is 1. The zero-order valence-electron chi connectivity index (χ0n) is 11.4. The lowest BCUT2D eigenvalue weighted by Crippen LogP contribution is -2.39. The van der Waals surface area contributed by atoms with Crippen LogP contribution in [0.3, 0.4) is 0 Å². The molecule has 0 N–H and O–H groups in total. The highest BCUT2D eigenvalue weighted by Gasteiger charge is 2.33. The number of alkyl halides is 3. The van der Waals surface area contributed by atoms with E-state index < -0.39 is 11.7 Å². The number of halogens is 3. The van der Waals surface area contributed by atoms with Crippen LogP contribution >= 0.6 is 0 Å². The van der Waals surface area contributed by atoms with Gasteiger partial charge >= 0.3 is 6.18 Å². The molecular formula is C15H20F3N. The van der Waals surface area contributed by atoms with Crippen molar-refractivity contribution in [2.45, 2.75) is 51.7 Å². The van der Waals surface area contributed by atoms with Crippen LogP contribution in [-0.2, 0) is 6.18 Å². The van der Waals surface area contributed by atoms with Crippen LogP contribution in [0.4, 0.5) is 18.9 Å².